The number of benzene rings is 1. The van der Waals surface area contributed by atoms with Gasteiger partial charge >= 0.3 is 5.97 Å². The molecule has 170 valence electrons. The highest BCUT2D eigenvalue weighted by Gasteiger charge is 2.22. The third-order valence-corrected chi connectivity index (χ3v) is 6.98. The summed E-state index contributed by atoms with van der Waals surface area (Å²) >= 11 is 13.7. The quantitative estimate of drug-likeness (QED) is 0.466. The number of thiophene rings is 1. The monoisotopic (exact) mass is 494 g/mol. The fourth-order valence-electron chi connectivity index (χ4n) is 3.58. The zero-order chi connectivity index (χ0) is 22.7. The van der Waals surface area contributed by atoms with Crippen LogP contribution in [0.15, 0.2) is 18.2 Å². The second kappa shape index (κ2) is 10.3. The molecule has 3 aromatic rings. The number of esters is 1. The fraction of sp³-hybridized carbons (Fsp3) is 0.409. The summed E-state index contributed by atoms with van der Waals surface area (Å²) in [5.41, 5.74) is 1.71. The van der Waals surface area contributed by atoms with Gasteiger partial charge in [-0.2, -0.15) is 0 Å². The Hall–Kier alpha value is -1.97. The van der Waals surface area contributed by atoms with Crippen molar-refractivity contribution < 1.29 is 14.3 Å². The highest BCUT2D eigenvalue weighted by molar-refractivity contribution is 7.20. The first-order valence-electron chi connectivity index (χ1n) is 10.4. The van der Waals surface area contributed by atoms with Crippen molar-refractivity contribution in [3.8, 4) is 0 Å². The fourth-order valence-corrected chi connectivity index (χ4v) is 5.15. The van der Waals surface area contributed by atoms with Crippen molar-refractivity contribution in [3.05, 3.63) is 50.1 Å². The molecular formula is C22H24Cl2N4O3S. The average Bonchev–Trinajstić information content (AvgIpc) is 3.10. The van der Waals surface area contributed by atoms with Crippen LogP contribution in [0.2, 0.25) is 10.0 Å². The molecule has 0 spiro atoms. The smallest absolute Gasteiger partial charge is 0.348 e. The number of rotatable bonds is 7. The Bertz CT molecular complexity index is 1130. The van der Waals surface area contributed by atoms with E-state index >= 15 is 0 Å². The number of carbonyl (C=O) groups excluding carboxylic acids is 1. The number of nitrogens with one attached hydrogen (secondary N) is 1. The Morgan fingerprint density at radius 3 is 2.78 bits per heavy atom. The predicted octanol–water partition coefficient (Wildman–Crippen LogP) is 4.93. The zero-order valence-electron chi connectivity index (χ0n) is 17.9. The van der Waals surface area contributed by atoms with E-state index in [-0.39, 0.29) is 5.97 Å². The Labute approximate surface area is 200 Å². The molecule has 0 radical (unpaired) electrons. The highest BCUT2D eigenvalue weighted by Crippen LogP contribution is 2.35. The van der Waals surface area contributed by atoms with Crippen molar-refractivity contribution in [3.63, 3.8) is 0 Å². The number of anilines is 1. The summed E-state index contributed by atoms with van der Waals surface area (Å²) in [6.45, 7) is 8.16. The van der Waals surface area contributed by atoms with Gasteiger partial charge in [0.25, 0.3) is 0 Å². The van der Waals surface area contributed by atoms with Gasteiger partial charge in [-0.25, -0.2) is 14.8 Å². The van der Waals surface area contributed by atoms with Gasteiger partial charge in [-0.1, -0.05) is 29.3 Å². The van der Waals surface area contributed by atoms with Gasteiger partial charge in [0.1, 0.15) is 21.3 Å². The lowest BCUT2D eigenvalue weighted by molar-refractivity contribution is 0.0331. The first kappa shape index (κ1) is 23.2. The molecule has 1 aliphatic heterocycles. The molecule has 1 aliphatic rings. The van der Waals surface area contributed by atoms with Crippen LogP contribution in [-0.4, -0.2) is 53.7 Å². The normalized spacial score (nSPS) is 14.6. The molecule has 3 heterocycles. The van der Waals surface area contributed by atoms with Gasteiger partial charge in [-0.3, -0.25) is 4.90 Å². The average molecular weight is 495 g/mol. The molecule has 0 bridgehead atoms. The zero-order valence-corrected chi connectivity index (χ0v) is 20.2. The van der Waals surface area contributed by atoms with Crippen LogP contribution in [0.4, 0.5) is 5.82 Å². The van der Waals surface area contributed by atoms with Crippen molar-refractivity contribution in [2.24, 2.45) is 0 Å². The van der Waals surface area contributed by atoms with E-state index in [1.807, 2.05) is 13.0 Å². The second-order valence-electron chi connectivity index (χ2n) is 7.42. The summed E-state index contributed by atoms with van der Waals surface area (Å²) in [5, 5.41) is 5.40. The number of ether oxygens (including phenoxy) is 2. The molecule has 0 unspecified atom stereocenters. The molecule has 0 saturated carbocycles. The standard InChI is InChI=1S/C22H24Cl2N4O3S/c1-3-31-22(29)19-13(2)18-20(25-11-14-4-5-15(23)10-16(14)24)26-17(27-21(18)32-19)12-28-6-8-30-9-7-28/h4-5,10H,3,6-9,11-12H2,1-2H3,(H,25,26,27). The lowest BCUT2D eigenvalue weighted by atomic mass is 10.2. The molecule has 7 nitrogen and oxygen atoms in total. The summed E-state index contributed by atoms with van der Waals surface area (Å²) in [4.78, 5) is 25.6. The molecule has 0 atom stereocenters. The number of fused-ring (bicyclic) bond motifs is 1. The molecule has 4 rings (SSSR count). The van der Waals surface area contributed by atoms with Crippen LogP contribution in [0.5, 0.6) is 0 Å². The van der Waals surface area contributed by atoms with Gasteiger partial charge in [0.15, 0.2) is 0 Å². The van der Waals surface area contributed by atoms with Gasteiger partial charge in [-0.05, 0) is 37.1 Å². The third-order valence-electron chi connectivity index (χ3n) is 5.23. The van der Waals surface area contributed by atoms with Crippen molar-refractivity contribution in [2.45, 2.75) is 26.9 Å². The van der Waals surface area contributed by atoms with E-state index in [1.165, 1.54) is 11.3 Å². The van der Waals surface area contributed by atoms with E-state index in [2.05, 4.69) is 10.2 Å². The van der Waals surface area contributed by atoms with E-state index in [0.717, 1.165) is 34.4 Å². The van der Waals surface area contributed by atoms with Crippen molar-refractivity contribution >= 4 is 56.5 Å². The van der Waals surface area contributed by atoms with Crippen LogP contribution in [-0.2, 0) is 22.6 Å². The van der Waals surface area contributed by atoms with Crippen LogP contribution in [0.3, 0.4) is 0 Å². The van der Waals surface area contributed by atoms with Crippen LogP contribution < -0.4 is 5.32 Å². The summed E-state index contributed by atoms with van der Waals surface area (Å²) in [7, 11) is 0. The molecule has 32 heavy (non-hydrogen) atoms. The largest absolute Gasteiger partial charge is 0.462 e. The first-order valence-corrected chi connectivity index (χ1v) is 12.0. The van der Waals surface area contributed by atoms with Gasteiger partial charge in [0, 0.05) is 29.7 Å². The minimum atomic E-state index is -0.338. The third kappa shape index (κ3) is 5.15. The summed E-state index contributed by atoms with van der Waals surface area (Å²) in [5.74, 6) is 1.03. The Balaban J connectivity index is 1.70. The molecule has 0 aliphatic carbocycles. The lowest BCUT2D eigenvalue weighted by Crippen LogP contribution is -2.36. The minimum Gasteiger partial charge on any atom is -0.462 e. The molecule has 1 saturated heterocycles. The van der Waals surface area contributed by atoms with Gasteiger partial charge in [-0.15, -0.1) is 11.3 Å². The molecular weight excluding hydrogens is 471 g/mol. The number of aryl methyl sites for hydroxylation is 1. The van der Waals surface area contributed by atoms with Crippen LogP contribution >= 0.6 is 34.5 Å². The van der Waals surface area contributed by atoms with Crippen LogP contribution in [0.1, 0.15) is 33.5 Å². The first-order chi connectivity index (χ1) is 15.5. The van der Waals surface area contributed by atoms with Gasteiger partial charge in [0.05, 0.1) is 31.8 Å². The minimum absolute atomic E-state index is 0.320. The van der Waals surface area contributed by atoms with Crippen molar-refractivity contribution in [1.29, 1.82) is 0 Å². The van der Waals surface area contributed by atoms with E-state index < -0.39 is 0 Å². The molecule has 1 N–H and O–H groups in total. The number of carbonyl (C=O) groups is 1. The number of halogens is 2. The maximum absolute atomic E-state index is 12.5. The van der Waals surface area contributed by atoms with Crippen LogP contribution in [0.25, 0.3) is 10.2 Å². The lowest BCUT2D eigenvalue weighted by Gasteiger charge is -2.25. The van der Waals surface area contributed by atoms with E-state index in [9.17, 15) is 4.79 Å². The Kier molecular flexibility index (Phi) is 7.48. The second-order valence-corrected chi connectivity index (χ2v) is 9.27. The summed E-state index contributed by atoms with van der Waals surface area (Å²) in [6.07, 6.45) is 0. The molecule has 1 aromatic carbocycles. The van der Waals surface area contributed by atoms with Gasteiger partial charge < -0.3 is 14.8 Å². The van der Waals surface area contributed by atoms with Gasteiger partial charge in [0.2, 0.25) is 0 Å². The molecule has 0 amide bonds. The Morgan fingerprint density at radius 1 is 1.28 bits per heavy atom. The number of hydrogen-bond donors (Lipinski definition) is 1. The maximum Gasteiger partial charge on any atom is 0.348 e. The number of morpholine rings is 1. The van der Waals surface area contributed by atoms with E-state index in [0.29, 0.717) is 59.5 Å². The maximum atomic E-state index is 12.5. The van der Waals surface area contributed by atoms with Crippen molar-refractivity contribution in [1.82, 2.24) is 14.9 Å². The predicted molar refractivity (Wildman–Crippen MR) is 128 cm³/mol. The number of nitrogens with zero attached hydrogens (tertiary/aromatic N) is 3. The van der Waals surface area contributed by atoms with Crippen LogP contribution in [0, 0.1) is 6.92 Å². The molecule has 10 heteroatoms. The van der Waals surface area contributed by atoms with E-state index in [1.54, 1.807) is 19.1 Å². The highest BCUT2D eigenvalue weighted by atomic mass is 35.5. The summed E-state index contributed by atoms with van der Waals surface area (Å²) < 4.78 is 10.7. The molecule has 2 aromatic heterocycles. The van der Waals surface area contributed by atoms with Crippen molar-refractivity contribution in [2.75, 3.05) is 38.2 Å². The number of hydrogen-bond acceptors (Lipinski definition) is 8. The summed E-state index contributed by atoms with van der Waals surface area (Å²) in [6, 6.07) is 5.40. The SMILES string of the molecule is CCOC(=O)c1sc2nc(CN3CCOCC3)nc(NCc3ccc(Cl)cc3Cl)c2c1C. The van der Waals surface area contributed by atoms with E-state index in [4.69, 9.17) is 42.6 Å². The Morgan fingerprint density at radius 2 is 2.06 bits per heavy atom. The molecule has 1 fully saturated rings. The topological polar surface area (TPSA) is 76.6 Å². The number of aromatic nitrogens is 2.